The summed E-state index contributed by atoms with van der Waals surface area (Å²) in [5.74, 6) is 0. The summed E-state index contributed by atoms with van der Waals surface area (Å²) >= 11 is 9.49. The smallest absolute Gasteiger partial charge is 0.225 e. The highest BCUT2D eigenvalue weighted by Gasteiger charge is 2.11. The van der Waals surface area contributed by atoms with Crippen LogP contribution in [0.4, 0.5) is 0 Å². The summed E-state index contributed by atoms with van der Waals surface area (Å²) in [6, 6.07) is 4.28. The van der Waals surface area contributed by atoms with Crippen LogP contribution in [0.5, 0.6) is 0 Å². The van der Waals surface area contributed by atoms with Gasteiger partial charge in [-0.15, -0.1) is 12.6 Å². The van der Waals surface area contributed by atoms with Gasteiger partial charge in [0.2, 0.25) is 10.0 Å². The second-order valence-corrected chi connectivity index (χ2v) is 4.61. The topological polar surface area (TPSA) is 60.2 Å². The fourth-order valence-electron chi connectivity index (χ4n) is 0.716. The highest BCUT2D eigenvalue weighted by atomic mass is 35.5. The number of hydrogen-bond donors (Lipinski definition) is 2. The maximum absolute atomic E-state index is 10.9. The molecule has 0 radical (unpaired) electrons. The Kier molecular flexibility index (Phi) is 2.67. The second kappa shape index (κ2) is 3.26. The van der Waals surface area contributed by atoms with E-state index in [1.54, 1.807) is 6.07 Å². The van der Waals surface area contributed by atoms with Crippen LogP contribution in [0, 0.1) is 0 Å². The predicted molar refractivity (Wildman–Crippen MR) is 50.1 cm³/mol. The molecule has 66 valence electrons. The van der Waals surface area contributed by atoms with Gasteiger partial charge < -0.3 is 0 Å². The molecule has 0 fully saturated rings. The molecule has 0 spiro atoms. The normalized spacial score (nSPS) is 11.6. The zero-order chi connectivity index (χ0) is 9.35. The van der Waals surface area contributed by atoms with Crippen LogP contribution in [0.15, 0.2) is 28.0 Å². The molecule has 2 N–H and O–H groups in total. The van der Waals surface area contributed by atoms with Gasteiger partial charge in [-0.05, 0) is 18.2 Å². The van der Waals surface area contributed by atoms with Gasteiger partial charge in [-0.2, -0.15) is 0 Å². The SMILES string of the molecule is NS(=O)(=O)c1cc(Cl)ccc1S. The Hall–Kier alpha value is -0.230. The lowest BCUT2D eigenvalue weighted by atomic mass is 10.4. The molecule has 0 saturated carbocycles. The Bertz CT molecular complexity index is 402. The van der Waals surface area contributed by atoms with Crippen molar-refractivity contribution in [2.75, 3.05) is 0 Å². The van der Waals surface area contributed by atoms with Gasteiger partial charge in [-0.25, -0.2) is 13.6 Å². The average Bonchev–Trinajstić information content (AvgIpc) is 1.92. The maximum atomic E-state index is 10.9. The third kappa shape index (κ3) is 2.13. The molecule has 0 aliphatic rings. The first-order valence-corrected chi connectivity index (χ1v) is 5.30. The van der Waals surface area contributed by atoms with E-state index in [4.69, 9.17) is 16.7 Å². The number of nitrogens with two attached hydrogens (primary N) is 1. The molecule has 0 unspecified atom stereocenters. The van der Waals surface area contributed by atoms with Crippen molar-refractivity contribution >= 4 is 34.3 Å². The molecular weight excluding hydrogens is 218 g/mol. The summed E-state index contributed by atoms with van der Waals surface area (Å²) in [4.78, 5) is 0.236. The van der Waals surface area contributed by atoms with Crippen LogP contribution in [0.3, 0.4) is 0 Å². The van der Waals surface area contributed by atoms with Gasteiger partial charge in [0, 0.05) is 9.92 Å². The molecule has 3 nitrogen and oxygen atoms in total. The van der Waals surface area contributed by atoms with Crippen LogP contribution in [-0.2, 0) is 10.0 Å². The molecule has 0 saturated heterocycles. The summed E-state index contributed by atoms with van der Waals surface area (Å²) < 4.78 is 21.8. The minimum atomic E-state index is -3.72. The first-order valence-electron chi connectivity index (χ1n) is 2.92. The number of sulfonamides is 1. The van der Waals surface area contributed by atoms with E-state index in [1.807, 2.05) is 0 Å². The Labute approximate surface area is 81.0 Å². The molecule has 0 atom stereocenters. The lowest BCUT2D eigenvalue weighted by molar-refractivity contribution is 0.596. The fraction of sp³-hybridized carbons (Fsp3) is 0. The van der Waals surface area contributed by atoms with Crippen molar-refractivity contribution in [2.24, 2.45) is 5.14 Å². The van der Waals surface area contributed by atoms with Gasteiger partial charge in [0.15, 0.2) is 0 Å². The van der Waals surface area contributed by atoms with E-state index in [-0.39, 0.29) is 4.90 Å². The number of hydrogen-bond acceptors (Lipinski definition) is 3. The number of primary sulfonamides is 1. The molecule has 0 bridgehead atoms. The van der Waals surface area contributed by atoms with E-state index in [2.05, 4.69) is 12.6 Å². The lowest BCUT2D eigenvalue weighted by Crippen LogP contribution is -2.12. The molecule has 12 heavy (non-hydrogen) atoms. The standard InChI is InChI=1S/C6H6ClNO2S2/c7-4-1-2-5(11)6(3-4)12(8,9)10/h1-3,11H,(H2,8,9,10). The maximum Gasteiger partial charge on any atom is 0.239 e. The third-order valence-electron chi connectivity index (χ3n) is 1.23. The van der Waals surface area contributed by atoms with Crippen LogP contribution in [0.2, 0.25) is 5.02 Å². The number of rotatable bonds is 1. The predicted octanol–water partition coefficient (Wildman–Crippen LogP) is 1.28. The monoisotopic (exact) mass is 223 g/mol. The van der Waals surface area contributed by atoms with Crippen LogP contribution in [0.1, 0.15) is 0 Å². The van der Waals surface area contributed by atoms with Crippen LogP contribution in [0.25, 0.3) is 0 Å². The van der Waals surface area contributed by atoms with Crippen molar-refractivity contribution in [2.45, 2.75) is 9.79 Å². The van der Waals surface area contributed by atoms with Gasteiger partial charge >= 0.3 is 0 Å². The van der Waals surface area contributed by atoms with Crippen molar-refractivity contribution in [3.05, 3.63) is 23.2 Å². The third-order valence-corrected chi connectivity index (χ3v) is 2.96. The summed E-state index contributed by atoms with van der Waals surface area (Å²) in [6.45, 7) is 0. The quantitative estimate of drug-likeness (QED) is 0.705. The largest absolute Gasteiger partial charge is 0.239 e. The molecule has 0 amide bonds. The Morgan fingerprint density at radius 2 is 2.00 bits per heavy atom. The van der Waals surface area contributed by atoms with Crippen molar-refractivity contribution in [1.82, 2.24) is 0 Å². The van der Waals surface area contributed by atoms with Gasteiger partial charge in [0.05, 0.1) is 4.90 Å². The molecule has 1 aromatic carbocycles. The van der Waals surface area contributed by atoms with Crippen molar-refractivity contribution in [3.63, 3.8) is 0 Å². The Balaban J connectivity index is 3.43. The van der Waals surface area contributed by atoms with Crippen molar-refractivity contribution < 1.29 is 8.42 Å². The van der Waals surface area contributed by atoms with E-state index in [9.17, 15) is 8.42 Å². The molecular formula is C6H6ClNO2S2. The van der Waals surface area contributed by atoms with Gasteiger partial charge in [-0.1, -0.05) is 11.6 Å². The minimum Gasteiger partial charge on any atom is -0.225 e. The minimum absolute atomic E-state index is 0.0571. The number of halogens is 1. The van der Waals surface area contributed by atoms with E-state index >= 15 is 0 Å². The van der Waals surface area contributed by atoms with E-state index in [1.165, 1.54) is 12.1 Å². The summed E-state index contributed by atoms with van der Waals surface area (Å²) in [5.41, 5.74) is 0. The van der Waals surface area contributed by atoms with E-state index < -0.39 is 10.0 Å². The summed E-state index contributed by atoms with van der Waals surface area (Å²) in [5, 5.41) is 5.21. The van der Waals surface area contributed by atoms with Gasteiger partial charge in [0.25, 0.3) is 0 Å². The van der Waals surface area contributed by atoms with Crippen LogP contribution in [-0.4, -0.2) is 8.42 Å². The fourth-order valence-corrected chi connectivity index (χ4v) is 2.12. The second-order valence-electron chi connectivity index (χ2n) is 2.16. The molecule has 0 aliphatic carbocycles. The van der Waals surface area contributed by atoms with E-state index in [0.29, 0.717) is 9.92 Å². The molecule has 0 aromatic heterocycles. The first kappa shape index (κ1) is 9.85. The molecule has 1 aromatic rings. The average molecular weight is 224 g/mol. The molecule has 1 rings (SSSR count). The highest BCUT2D eigenvalue weighted by molar-refractivity contribution is 7.90. The van der Waals surface area contributed by atoms with Crippen molar-refractivity contribution in [1.29, 1.82) is 0 Å². The summed E-state index contributed by atoms with van der Waals surface area (Å²) in [6.07, 6.45) is 0. The Morgan fingerprint density at radius 1 is 1.42 bits per heavy atom. The van der Waals surface area contributed by atoms with E-state index in [0.717, 1.165) is 0 Å². The van der Waals surface area contributed by atoms with Crippen LogP contribution < -0.4 is 5.14 Å². The summed E-state index contributed by atoms with van der Waals surface area (Å²) in [7, 11) is -3.72. The number of thiol groups is 1. The van der Waals surface area contributed by atoms with Gasteiger partial charge in [-0.3, -0.25) is 0 Å². The molecule has 6 heteroatoms. The van der Waals surface area contributed by atoms with Crippen LogP contribution >= 0.6 is 24.2 Å². The van der Waals surface area contributed by atoms with Crippen molar-refractivity contribution in [3.8, 4) is 0 Å². The van der Waals surface area contributed by atoms with Gasteiger partial charge in [0.1, 0.15) is 0 Å². The zero-order valence-corrected chi connectivity index (χ0v) is 8.33. The Morgan fingerprint density at radius 3 is 2.42 bits per heavy atom. The molecule has 0 aliphatic heterocycles. The lowest BCUT2D eigenvalue weighted by Gasteiger charge is -2.01. The molecule has 0 heterocycles. The zero-order valence-electron chi connectivity index (χ0n) is 5.86. The highest BCUT2D eigenvalue weighted by Crippen LogP contribution is 2.22. The first-order chi connectivity index (χ1) is 5.41. The number of benzene rings is 1.